The lowest BCUT2D eigenvalue weighted by Gasteiger charge is -2.28. The Kier molecular flexibility index (Phi) is 6.57. The number of ether oxygens (including phenoxy) is 2. The van der Waals surface area contributed by atoms with E-state index in [4.69, 9.17) is 9.47 Å². The molecule has 0 aliphatic heterocycles. The second kappa shape index (κ2) is 6.53. The Labute approximate surface area is 95.0 Å². The molecule has 0 bridgehead atoms. The van der Waals surface area contributed by atoms with Crippen LogP contribution in [-0.4, -0.2) is 37.6 Å². The van der Waals surface area contributed by atoms with E-state index in [2.05, 4.69) is 34.8 Å². The van der Waals surface area contributed by atoms with Crippen LogP contribution in [0.2, 0.25) is 0 Å². The van der Waals surface area contributed by atoms with Gasteiger partial charge in [-0.1, -0.05) is 29.8 Å². The van der Waals surface area contributed by atoms with Gasteiger partial charge in [-0.15, -0.1) is 0 Å². The molecular weight excluding hydrogens is 246 g/mol. The molecule has 0 rings (SSSR count). The van der Waals surface area contributed by atoms with E-state index in [9.17, 15) is 0 Å². The normalized spacial score (nSPS) is 13.8. The van der Waals surface area contributed by atoms with Crippen molar-refractivity contribution < 1.29 is 9.47 Å². The molecule has 0 aromatic carbocycles. The van der Waals surface area contributed by atoms with E-state index in [-0.39, 0.29) is 0 Å². The number of methoxy groups -OCH3 is 2. The van der Waals surface area contributed by atoms with Gasteiger partial charge in [0.25, 0.3) is 0 Å². The minimum Gasteiger partial charge on any atom is -0.348 e. The summed E-state index contributed by atoms with van der Waals surface area (Å²) < 4.78 is 10.7. The first-order chi connectivity index (χ1) is 6.52. The highest BCUT2D eigenvalue weighted by Gasteiger charge is 2.31. The number of hydrogen-bond acceptors (Lipinski definition) is 3. The van der Waals surface area contributed by atoms with Crippen LogP contribution < -0.4 is 0 Å². The van der Waals surface area contributed by atoms with Crippen molar-refractivity contribution in [2.75, 3.05) is 26.1 Å². The van der Waals surface area contributed by atoms with E-state index in [1.54, 1.807) is 14.2 Å². The molecule has 0 amide bonds. The summed E-state index contributed by atoms with van der Waals surface area (Å²) in [5.74, 6) is -0.166. The summed E-state index contributed by atoms with van der Waals surface area (Å²) in [6.45, 7) is 6.99. The number of hydrogen-bond donors (Lipinski definition) is 0. The molecule has 4 heteroatoms. The fraction of sp³-hybridized carbons (Fsp3) is 0.900. The molecule has 0 aliphatic carbocycles. The largest absolute Gasteiger partial charge is 0.348 e. The summed E-state index contributed by atoms with van der Waals surface area (Å²) in [7, 11) is 3.25. The van der Waals surface area contributed by atoms with Gasteiger partial charge < -0.3 is 9.47 Å². The first-order valence-corrected chi connectivity index (χ1v) is 5.82. The van der Waals surface area contributed by atoms with Crippen LogP contribution in [0.4, 0.5) is 0 Å². The second-order valence-electron chi connectivity index (χ2n) is 3.61. The van der Waals surface area contributed by atoms with E-state index in [0.29, 0.717) is 11.2 Å². The van der Waals surface area contributed by atoms with E-state index in [1.807, 2.05) is 6.92 Å². The molecule has 0 atom stereocenters. The number of rotatable bonds is 6. The average molecular weight is 266 g/mol. The Morgan fingerprint density at radius 3 is 2.14 bits per heavy atom. The van der Waals surface area contributed by atoms with E-state index in [0.717, 1.165) is 12.3 Å². The first kappa shape index (κ1) is 14.1. The third-order valence-corrected chi connectivity index (χ3v) is 2.82. The maximum absolute atomic E-state index is 5.33. The number of halogens is 1. The Hall–Kier alpha value is 0.0700. The molecule has 14 heavy (non-hydrogen) atoms. The predicted molar refractivity (Wildman–Crippen MR) is 63.4 cm³/mol. The molecule has 0 saturated carbocycles. The average Bonchev–Trinajstić information content (AvgIpc) is 2.18. The molecule has 0 radical (unpaired) electrons. The first-order valence-electron chi connectivity index (χ1n) is 4.70. The summed E-state index contributed by atoms with van der Waals surface area (Å²) in [4.78, 5) is 4.45. The van der Waals surface area contributed by atoms with Crippen LogP contribution in [-0.2, 0) is 9.47 Å². The lowest BCUT2D eigenvalue weighted by Crippen LogP contribution is -2.43. The van der Waals surface area contributed by atoms with Crippen LogP contribution in [0, 0.1) is 5.92 Å². The lowest BCUT2D eigenvalue weighted by molar-refractivity contribution is -0.135. The zero-order valence-corrected chi connectivity index (χ0v) is 11.2. The van der Waals surface area contributed by atoms with Gasteiger partial charge in [0.1, 0.15) is 0 Å². The van der Waals surface area contributed by atoms with Gasteiger partial charge in [-0.05, 0) is 12.8 Å². The molecule has 84 valence electrons. The van der Waals surface area contributed by atoms with Crippen LogP contribution >= 0.6 is 15.9 Å². The van der Waals surface area contributed by atoms with Crippen molar-refractivity contribution in [3.05, 3.63) is 0 Å². The summed E-state index contributed by atoms with van der Waals surface area (Å²) >= 11 is 3.37. The highest BCUT2D eigenvalue weighted by Crippen LogP contribution is 2.17. The van der Waals surface area contributed by atoms with Crippen LogP contribution in [0.3, 0.4) is 0 Å². The minimum atomic E-state index is -0.713. The molecule has 0 saturated heterocycles. The summed E-state index contributed by atoms with van der Waals surface area (Å²) in [6, 6.07) is 0. The Morgan fingerprint density at radius 2 is 1.86 bits per heavy atom. The van der Waals surface area contributed by atoms with Crippen molar-refractivity contribution >= 4 is 21.6 Å². The Morgan fingerprint density at radius 1 is 1.36 bits per heavy atom. The smallest absolute Gasteiger partial charge is 0.217 e. The van der Waals surface area contributed by atoms with Gasteiger partial charge in [0.2, 0.25) is 5.79 Å². The third-order valence-electron chi connectivity index (χ3n) is 2.08. The minimum absolute atomic E-state index is 0.548. The van der Waals surface area contributed by atoms with Crippen molar-refractivity contribution in [1.29, 1.82) is 0 Å². The highest BCUT2D eigenvalue weighted by molar-refractivity contribution is 9.09. The van der Waals surface area contributed by atoms with Crippen molar-refractivity contribution in [1.82, 2.24) is 0 Å². The number of alkyl halides is 1. The Bertz CT molecular complexity index is 180. The van der Waals surface area contributed by atoms with E-state index in [1.165, 1.54) is 0 Å². The van der Waals surface area contributed by atoms with Gasteiger partial charge in [-0.3, -0.25) is 4.99 Å². The van der Waals surface area contributed by atoms with Gasteiger partial charge in [-0.25, -0.2) is 0 Å². The maximum atomic E-state index is 5.33. The zero-order chi connectivity index (χ0) is 11.2. The molecule has 0 aromatic heterocycles. The summed E-state index contributed by atoms with van der Waals surface area (Å²) in [6.07, 6.45) is 0. The van der Waals surface area contributed by atoms with Gasteiger partial charge in [0, 0.05) is 20.8 Å². The Balaban J connectivity index is 4.57. The SMILES string of the molecule is COC(CBr)(OC)C(C)=NCC(C)C. The molecule has 0 N–H and O–H groups in total. The van der Waals surface area contributed by atoms with Crippen molar-refractivity contribution in [3.63, 3.8) is 0 Å². The van der Waals surface area contributed by atoms with E-state index < -0.39 is 5.79 Å². The molecule has 0 unspecified atom stereocenters. The molecule has 0 aliphatic rings. The van der Waals surface area contributed by atoms with Crippen molar-refractivity contribution in [3.8, 4) is 0 Å². The van der Waals surface area contributed by atoms with Crippen LogP contribution in [0.1, 0.15) is 20.8 Å². The molecule has 0 spiro atoms. The van der Waals surface area contributed by atoms with E-state index >= 15 is 0 Å². The summed E-state index contributed by atoms with van der Waals surface area (Å²) in [5.41, 5.74) is 0.869. The fourth-order valence-corrected chi connectivity index (χ4v) is 1.89. The molecule has 3 nitrogen and oxygen atoms in total. The number of aliphatic imine (C=N–C) groups is 1. The van der Waals surface area contributed by atoms with Crippen LogP contribution in [0.15, 0.2) is 4.99 Å². The topological polar surface area (TPSA) is 30.8 Å². The molecular formula is C10H20BrNO2. The second-order valence-corrected chi connectivity index (χ2v) is 4.18. The van der Waals surface area contributed by atoms with Crippen molar-refractivity contribution in [2.45, 2.75) is 26.6 Å². The van der Waals surface area contributed by atoms with Gasteiger partial charge in [0.05, 0.1) is 11.0 Å². The van der Waals surface area contributed by atoms with Crippen LogP contribution in [0.5, 0.6) is 0 Å². The highest BCUT2D eigenvalue weighted by atomic mass is 79.9. The van der Waals surface area contributed by atoms with Crippen LogP contribution in [0.25, 0.3) is 0 Å². The zero-order valence-electron chi connectivity index (χ0n) is 9.63. The quantitative estimate of drug-likeness (QED) is 0.420. The lowest BCUT2D eigenvalue weighted by atomic mass is 10.2. The standard InChI is InChI=1S/C10H20BrNO2/c1-8(2)6-12-9(3)10(7-11,13-4)14-5/h8H,6-7H2,1-5H3. The monoisotopic (exact) mass is 265 g/mol. The third kappa shape index (κ3) is 3.67. The fourth-order valence-electron chi connectivity index (χ4n) is 1.02. The summed E-state index contributed by atoms with van der Waals surface area (Å²) in [5, 5.41) is 0.584. The van der Waals surface area contributed by atoms with Gasteiger partial charge in [-0.2, -0.15) is 0 Å². The van der Waals surface area contributed by atoms with Crippen molar-refractivity contribution in [2.24, 2.45) is 10.9 Å². The molecule has 0 heterocycles. The van der Waals surface area contributed by atoms with Gasteiger partial charge in [0.15, 0.2) is 0 Å². The maximum Gasteiger partial charge on any atom is 0.217 e. The molecule has 0 aromatic rings. The van der Waals surface area contributed by atoms with Gasteiger partial charge >= 0.3 is 0 Å². The number of nitrogens with zero attached hydrogens (tertiary/aromatic N) is 1. The molecule has 0 fully saturated rings. The predicted octanol–water partition coefficient (Wildman–Crippen LogP) is 2.49.